The number of carbonyl (C=O) groups excluding carboxylic acids is 1. The van der Waals surface area contributed by atoms with Crippen LogP contribution in [0.5, 0.6) is 0 Å². The number of amides is 1. The number of pyridine rings is 1. The number of piperazine rings is 1. The molecule has 2 saturated heterocycles. The minimum absolute atomic E-state index is 0.223. The zero-order chi connectivity index (χ0) is 21.5. The molecule has 2 aromatic heterocycles. The van der Waals surface area contributed by atoms with Crippen molar-refractivity contribution >= 4 is 38.8 Å². The number of benzene rings is 1. The van der Waals surface area contributed by atoms with Crippen LogP contribution < -0.4 is 21.3 Å². The van der Waals surface area contributed by atoms with Gasteiger partial charge in [0.2, 0.25) is 0 Å². The molecule has 0 spiro atoms. The Balaban J connectivity index is 1.21. The van der Waals surface area contributed by atoms with Crippen LogP contribution >= 0.6 is 11.3 Å². The number of carbonyl (C=O) groups is 1. The molecule has 31 heavy (non-hydrogen) atoms. The summed E-state index contributed by atoms with van der Waals surface area (Å²) in [5, 5.41) is 7.26. The second kappa shape index (κ2) is 8.09. The lowest BCUT2D eigenvalue weighted by atomic mass is 10.1. The lowest BCUT2D eigenvalue weighted by Crippen LogP contribution is -2.51. The highest BCUT2D eigenvalue weighted by Crippen LogP contribution is 2.32. The van der Waals surface area contributed by atoms with Crippen molar-refractivity contribution in [2.24, 2.45) is 0 Å². The Morgan fingerprint density at radius 3 is 2.81 bits per heavy atom. The van der Waals surface area contributed by atoms with Gasteiger partial charge in [-0.15, -0.1) is 11.3 Å². The Morgan fingerprint density at radius 2 is 2.06 bits per heavy atom. The zero-order valence-corrected chi connectivity index (χ0v) is 18.3. The Bertz CT molecular complexity index is 1130. The molecular formula is C23H26FN5OS. The Labute approximate surface area is 184 Å². The molecule has 162 valence electrons. The van der Waals surface area contributed by atoms with Crippen LogP contribution in [-0.4, -0.2) is 42.6 Å². The maximum Gasteiger partial charge on any atom is 0.263 e. The maximum absolute atomic E-state index is 14.7. The number of hydrogen-bond acceptors (Lipinski definition) is 6. The van der Waals surface area contributed by atoms with E-state index in [1.807, 2.05) is 31.2 Å². The van der Waals surface area contributed by atoms with Gasteiger partial charge in [-0.3, -0.25) is 4.79 Å². The van der Waals surface area contributed by atoms with Crippen molar-refractivity contribution in [1.29, 1.82) is 0 Å². The first-order chi connectivity index (χ1) is 15.0. The molecule has 0 aliphatic carbocycles. The first-order valence-corrected chi connectivity index (χ1v) is 11.5. The number of nitrogens with two attached hydrogens (primary N) is 1. The van der Waals surface area contributed by atoms with E-state index >= 15 is 0 Å². The summed E-state index contributed by atoms with van der Waals surface area (Å²) >= 11 is 1.29. The van der Waals surface area contributed by atoms with Crippen LogP contribution in [0.2, 0.25) is 0 Å². The van der Waals surface area contributed by atoms with E-state index in [1.54, 1.807) is 6.07 Å². The molecule has 2 unspecified atom stereocenters. The van der Waals surface area contributed by atoms with Gasteiger partial charge in [-0.1, -0.05) is 6.07 Å². The lowest BCUT2D eigenvalue weighted by molar-refractivity contribution is 0.0959. The molecule has 2 aliphatic rings. The van der Waals surface area contributed by atoms with Crippen LogP contribution in [0.3, 0.4) is 0 Å². The third kappa shape index (κ3) is 3.97. The van der Waals surface area contributed by atoms with Gasteiger partial charge in [0, 0.05) is 48.5 Å². The van der Waals surface area contributed by atoms with Crippen molar-refractivity contribution < 1.29 is 9.18 Å². The molecule has 2 aliphatic heterocycles. The molecule has 2 bridgehead atoms. The predicted molar refractivity (Wildman–Crippen MR) is 123 cm³/mol. The number of thiophene rings is 1. The summed E-state index contributed by atoms with van der Waals surface area (Å²) in [5.74, 6) is -0.467. The molecule has 1 aromatic carbocycles. The van der Waals surface area contributed by atoms with Crippen LogP contribution in [0, 0.1) is 12.7 Å². The average molecular weight is 440 g/mol. The maximum atomic E-state index is 14.7. The molecule has 0 saturated carbocycles. The normalized spacial score (nSPS) is 20.4. The van der Waals surface area contributed by atoms with E-state index in [2.05, 4.69) is 20.5 Å². The topological polar surface area (TPSA) is 83.3 Å². The molecule has 6 nitrogen and oxygen atoms in total. The first-order valence-electron chi connectivity index (χ1n) is 10.7. The number of nitrogens with one attached hydrogen (secondary N) is 2. The number of aryl methyl sites for hydroxylation is 1. The lowest BCUT2D eigenvalue weighted by Gasteiger charge is -2.34. The number of halogens is 1. The van der Waals surface area contributed by atoms with Crippen molar-refractivity contribution in [1.82, 2.24) is 15.6 Å². The van der Waals surface area contributed by atoms with Crippen molar-refractivity contribution in [2.45, 2.75) is 38.3 Å². The molecule has 3 aromatic rings. The number of nitrogen functional groups attached to an aromatic ring is 1. The summed E-state index contributed by atoms with van der Waals surface area (Å²) in [6, 6.07) is 10.2. The monoisotopic (exact) mass is 439 g/mol. The third-order valence-corrected chi connectivity index (χ3v) is 7.35. The van der Waals surface area contributed by atoms with Gasteiger partial charge < -0.3 is 21.3 Å². The first kappa shape index (κ1) is 20.2. The van der Waals surface area contributed by atoms with E-state index in [1.165, 1.54) is 24.2 Å². The standard InChI is InChI=1S/C23H26FN5OS/c1-13-2-7-18-20(25)21(31-23(18)27-13)22(30)26-9-8-14-3-6-17(10-19(14)24)29-11-15-4-5-16(12-29)28-15/h2-3,6-7,10,15-16,28H,4-5,8-9,11-12,25H2,1H3,(H,26,30). The third-order valence-electron chi connectivity index (χ3n) is 6.24. The second-order valence-electron chi connectivity index (χ2n) is 8.47. The molecule has 5 rings (SSSR count). The van der Waals surface area contributed by atoms with Crippen LogP contribution in [0.1, 0.15) is 33.8 Å². The molecule has 4 heterocycles. The molecule has 4 N–H and O–H groups in total. The minimum Gasteiger partial charge on any atom is -0.397 e. The van der Waals surface area contributed by atoms with E-state index in [-0.39, 0.29) is 11.7 Å². The smallest absolute Gasteiger partial charge is 0.263 e. The Morgan fingerprint density at radius 1 is 1.29 bits per heavy atom. The van der Waals surface area contributed by atoms with Crippen molar-refractivity contribution in [2.75, 3.05) is 30.3 Å². The number of aromatic nitrogens is 1. The van der Waals surface area contributed by atoms with Gasteiger partial charge in [0.05, 0.1) is 5.69 Å². The highest BCUT2D eigenvalue weighted by molar-refractivity contribution is 7.21. The number of rotatable bonds is 5. The van der Waals surface area contributed by atoms with E-state index in [0.29, 0.717) is 41.2 Å². The Kier molecular flexibility index (Phi) is 5.27. The van der Waals surface area contributed by atoms with Gasteiger partial charge in [-0.05, 0) is 56.0 Å². The second-order valence-corrected chi connectivity index (χ2v) is 9.47. The fraction of sp³-hybridized carbons (Fsp3) is 0.391. The fourth-order valence-corrected chi connectivity index (χ4v) is 5.65. The quantitative estimate of drug-likeness (QED) is 0.569. The SMILES string of the molecule is Cc1ccc2c(N)c(C(=O)NCCc3ccc(N4CC5CCC(C4)N5)cc3F)sc2n1. The predicted octanol–water partition coefficient (Wildman–Crippen LogP) is 3.24. The minimum atomic E-state index is -0.244. The van der Waals surface area contributed by atoms with Crippen molar-refractivity contribution in [3.63, 3.8) is 0 Å². The molecular weight excluding hydrogens is 413 g/mol. The highest BCUT2D eigenvalue weighted by Gasteiger charge is 2.32. The van der Waals surface area contributed by atoms with E-state index < -0.39 is 0 Å². The zero-order valence-electron chi connectivity index (χ0n) is 17.5. The molecule has 2 fully saturated rings. The van der Waals surface area contributed by atoms with E-state index in [4.69, 9.17) is 5.73 Å². The number of anilines is 2. The van der Waals surface area contributed by atoms with Crippen LogP contribution in [-0.2, 0) is 6.42 Å². The number of nitrogens with zero attached hydrogens (tertiary/aromatic N) is 2. The fourth-order valence-electron chi connectivity index (χ4n) is 4.59. The summed E-state index contributed by atoms with van der Waals surface area (Å²) in [6.45, 7) is 4.10. The van der Waals surface area contributed by atoms with Crippen molar-refractivity contribution in [3.8, 4) is 0 Å². The summed E-state index contributed by atoms with van der Waals surface area (Å²) in [4.78, 5) is 20.5. The summed E-state index contributed by atoms with van der Waals surface area (Å²) in [7, 11) is 0. The van der Waals surface area contributed by atoms with E-state index in [9.17, 15) is 9.18 Å². The summed E-state index contributed by atoms with van der Waals surface area (Å²) < 4.78 is 14.7. The van der Waals surface area contributed by atoms with Gasteiger partial charge in [0.25, 0.3) is 5.91 Å². The molecule has 2 atom stereocenters. The summed E-state index contributed by atoms with van der Waals surface area (Å²) in [5.41, 5.74) is 9.02. The molecule has 8 heteroatoms. The van der Waals surface area contributed by atoms with Gasteiger partial charge in [-0.2, -0.15) is 0 Å². The molecule has 0 radical (unpaired) electrons. The van der Waals surface area contributed by atoms with Crippen molar-refractivity contribution in [3.05, 3.63) is 52.3 Å². The number of fused-ring (bicyclic) bond motifs is 3. The average Bonchev–Trinajstić information content (AvgIpc) is 3.26. The van der Waals surface area contributed by atoms with Gasteiger partial charge >= 0.3 is 0 Å². The van der Waals surface area contributed by atoms with Gasteiger partial charge in [0.1, 0.15) is 15.5 Å². The number of hydrogen-bond donors (Lipinski definition) is 3. The van der Waals surface area contributed by atoms with Crippen LogP contribution in [0.4, 0.5) is 15.8 Å². The van der Waals surface area contributed by atoms with Crippen LogP contribution in [0.25, 0.3) is 10.2 Å². The van der Waals surface area contributed by atoms with Crippen LogP contribution in [0.15, 0.2) is 30.3 Å². The van der Waals surface area contributed by atoms with Gasteiger partial charge in [0.15, 0.2) is 0 Å². The van der Waals surface area contributed by atoms with Gasteiger partial charge in [-0.25, -0.2) is 9.37 Å². The Hall–Kier alpha value is -2.71. The highest BCUT2D eigenvalue weighted by atomic mass is 32.1. The largest absolute Gasteiger partial charge is 0.397 e. The summed E-state index contributed by atoms with van der Waals surface area (Å²) in [6.07, 6.45) is 2.82. The van der Waals surface area contributed by atoms with E-state index in [0.717, 1.165) is 34.7 Å². The molecule has 1 amide bonds.